The minimum atomic E-state index is 0.765. The van der Waals surface area contributed by atoms with Gasteiger partial charge >= 0.3 is 0 Å². The second kappa shape index (κ2) is 5.46. The molecular formula is C14H22N2. The van der Waals surface area contributed by atoms with Crippen LogP contribution >= 0.6 is 0 Å². The van der Waals surface area contributed by atoms with Crippen molar-refractivity contribution in [2.45, 2.75) is 25.3 Å². The molecule has 0 saturated carbocycles. The van der Waals surface area contributed by atoms with Crippen LogP contribution in [0.4, 0.5) is 0 Å². The van der Waals surface area contributed by atoms with Gasteiger partial charge in [0, 0.05) is 6.54 Å². The third-order valence-corrected chi connectivity index (χ3v) is 3.58. The summed E-state index contributed by atoms with van der Waals surface area (Å²) in [5, 5.41) is 3.26. The van der Waals surface area contributed by atoms with Crippen LogP contribution in [0, 0.1) is 0 Å². The van der Waals surface area contributed by atoms with Crippen molar-refractivity contribution >= 4 is 0 Å². The first-order valence-electron chi connectivity index (χ1n) is 6.22. The molecule has 1 aliphatic heterocycles. The molecule has 1 aromatic carbocycles. The summed E-state index contributed by atoms with van der Waals surface area (Å²) in [6.07, 6.45) is 2.61. The van der Waals surface area contributed by atoms with Crippen LogP contribution in [0.15, 0.2) is 24.3 Å². The van der Waals surface area contributed by atoms with Crippen LogP contribution in [-0.4, -0.2) is 32.1 Å². The van der Waals surface area contributed by atoms with Crippen LogP contribution in [0.3, 0.4) is 0 Å². The SMILES string of the molecule is CNCc1ccccc1C1CCN(C)CC1. The van der Waals surface area contributed by atoms with Crippen LogP contribution in [-0.2, 0) is 6.54 Å². The third kappa shape index (κ3) is 2.63. The Hall–Kier alpha value is -0.860. The van der Waals surface area contributed by atoms with Gasteiger partial charge in [0.25, 0.3) is 0 Å². The number of likely N-dealkylation sites (tertiary alicyclic amines) is 1. The summed E-state index contributed by atoms with van der Waals surface area (Å²) in [5.41, 5.74) is 3.03. The molecule has 1 heterocycles. The Balaban J connectivity index is 2.13. The molecule has 0 spiro atoms. The fourth-order valence-electron chi connectivity index (χ4n) is 2.60. The van der Waals surface area contributed by atoms with E-state index in [9.17, 15) is 0 Å². The standard InChI is InChI=1S/C14H22N2/c1-15-11-13-5-3-4-6-14(13)12-7-9-16(2)10-8-12/h3-6,12,15H,7-11H2,1-2H3. The van der Waals surface area contributed by atoms with Crippen LogP contribution in [0.25, 0.3) is 0 Å². The molecule has 0 aliphatic carbocycles. The zero-order chi connectivity index (χ0) is 11.4. The van der Waals surface area contributed by atoms with Gasteiger partial charge in [-0.25, -0.2) is 0 Å². The smallest absolute Gasteiger partial charge is 0.0205 e. The van der Waals surface area contributed by atoms with Crippen molar-refractivity contribution in [2.75, 3.05) is 27.2 Å². The average molecular weight is 218 g/mol. The normalized spacial score (nSPS) is 18.9. The zero-order valence-corrected chi connectivity index (χ0v) is 10.4. The number of piperidine rings is 1. The molecule has 1 aromatic rings. The van der Waals surface area contributed by atoms with E-state index in [0.29, 0.717) is 0 Å². The summed E-state index contributed by atoms with van der Waals surface area (Å²) in [6.45, 7) is 3.46. The molecular weight excluding hydrogens is 196 g/mol. The van der Waals surface area contributed by atoms with E-state index in [4.69, 9.17) is 0 Å². The summed E-state index contributed by atoms with van der Waals surface area (Å²) in [6, 6.07) is 8.88. The molecule has 88 valence electrons. The Morgan fingerprint density at radius 2 is 1.94 bits per heavy atom. The van der Waals surface area contributed by atoms with Crippen molar-refractivity contribution in [1.29, 1.82) is 0 Å². The predicted octanol–water partition coefficient (Wildman–Crippen LogP) is 2.22. The Labute approximate surface area is 98.7 Å². The Morgan fingerprint density at radius 3 is 2.62 bits per heavy atom. The topological polar surface area (TPSA) is 15.3 Å². The maximum absolute atomic E-state index is 3.26. The van der Waals surface area contributed by atoms with E-state index in [2.05, 4.69) is 41.5 Å². The van der Waals surface area contributed by atoms with Crippen molar-refractivity contribution < 1.29 is 0 Å². The largest absolute Gasteiger partial charge is 0.316 e. The van der Waals surface area contributed by atoms with E-state index in [0.717, 1.165) is 12.5 Å². The van der Waals surface area contributed by atoms with E-state index in [1.165, 1.54) is 31.5 Å². The highest BCUT2D eigenvalue weighted by Crippen LogP contribution is 2.29. The van der Waals surface area contributed by atoms with Gasteiger partial charge < -0.3 is 10.2 Å². The number of nitrogens with one attached hydrogen (secondary N) is 1. The van der Waals surface area contributed by atoms with Gasteiger partial charge in [-0.3, -0.25) is 0 Å². The lowest BCUT2D eigenvalue weighted by atomic mass is 9.86. The summed E-state index contributed by atoms with van der Waals surface area (Å²) in [5.74, 6) is 0.765. The van der Waals surface area contributed by atoms with Crippen LogP contribution in [0.1, 0.15) is 29.9 Å². The van der Waals surface area contributed by atoms with E-state index in [1.807, 2.05) is 7.05 Å². The lowest BCUT2D eigenvalue weighted by molar-refractivity contribution is 0.255. The third-order valence-electron chi connectivity index (χ3n) is 3.58. The first kappa shape index (κ1) is 11.6. The highest BCUT2D eigenvalue weighted by molar-refractivity contribution is 5.30. The van der Waals surface area contributed by atoms with Gasteiger partial charge in [-0.2, -0.15) is 0 Å². The van der Waals surface area contributed by atoms with Crippen molar-refractivity contribution in [1.82, 2.24) is 10.2 Å². The number of hydrogen-bond acceptors (Lipinski definition) is 2. The summed E-state index contributed by atoms with van der Waals surface area (Å²) in [4.78, 5) is 2.43. The maximum Gasteiger partial charge on any atom is 0.0205 e. The van der Waals surface area contributed by atoms with Crippen molar-refractivity contribution in [3.63, 3.8) is 0 Å². The first-order valence-corrected chi connectivity index (χ1v) is 6.22. The van der Waals surface area contributed by atoms with Gasteiger partial charge in [0.1, 0.15) is 0 Å². The molecule has 0 bridgehead atoms. The zero-order valence-electron chi connectivity index (χ0n) is 10.4. The van der Waals surface area contributed by atoms with Crippen LogP contribution in [0.5, 0.6) is 0 Å². The Kier molecular flexibility index (Phi) is 3.97. The van der Waals surface area contributed by atoms with Crippen LogP contribution < -0.4 is 5.32 Å². The number of benzene rings is 1. The molecule has 1 N–H and O–H groups in total. The molecule has 1 saturated heterocycles. The minimum Gasteiger partial charge on any atom is -0.316 e. The number of hydrogen-bond donors (Lipinski definition) is 1. The predicted molar refractivity (Wildman–Crippen MR) is 68.7 cm³/mol. The molecule has 2 heteroatoms. The van der Waals surface area contributed by atoms with Gasteiger partial charge in [0.15, 0.2) is 0 Å². The second-order valence-corrected chi connectivity index (χ2v) is 4.81. The summed E-state index contributed by atoms with van der Waals surface area (Å²) in [7, 11) is 4.24. The highest BCUT2D eigenvalue weighted by atomic mass is 15.1. The van der Waals surface area contributed by atoms with Gasteiger partial charge in [-0.1, -0.05) is 24.3 Å². The molecule has 0 atom stereocenters. The molecule has 1 fully saturated rings. The fourth-order valence-corrected chi connectivity index (χ4v) is 2.60. The first-order chi connectivity index (χ1) is 7.81. The minimum absolute atomic E-state index is 0.765. The molecule has 2 rings (SSSR count). The van der Waals surface area contributed by atoms with E-state index >= 15 is 0 Å². The fraction of sp³-hybridized carbons (Fsp3) is 0.571. The van der Waals surface area contributed by atoms with Crippen molar-refractivity contribution in [3.05, 3.63) is 35.4 Å². The van der Waals surface area contributed by atoms with E-state index < -0.39 is 0 Å². The van der Waals surface area contributed by atoms with Gasteiger partial charge in [0.05, 0.1) is 0 Å². The summed E-state index contributed by atoms with van der Waals surface area (Å²) >= 11 is 0. The van der Waals surface area contributed by atoms with Crippen molar-refractivity contribution in [3.8, 4) is 0 Å². The molecule has 0 amide bonds. The van der Waals surface area contributed by atoms with Crippen molar-refractivity contribution in [2.24, 2.45) is 0 Å². The Bertz CT molecular complexity index is 327. The van der Waals surface area contributed by atoms with Gasteiger partial charge in [-0.15, -0.1) is 0 Å². The number of nitrogens with zero attached hydrogens (tertiary/aromatic N) is 1. The molecule has 16 heavy (non-hydrogen) atoms. The van der Waals surface area contributed by atoms with Gasteiger partial charge in [-0.05, 0) is 57.1 Å². The van der Waals surface area contributed by atoms with E-state index in [-0.39, 0.29) is 0 Å². The van der Waals surface area contributed by atoms with Gasteiger partial charge in [0.2, 0.25) is 0 Å². The van der Waals surface area contributed by atoms with E-state index in [1.54, 1.807) is 5.56 Å². The molecule has 0 radical (unpaired) electrons. The Morgan fingerprint density at radius 1 is 1.25 bits per heavy atom. The molecule has 0 aromatic heterocycles. The summed E-state index contributed by atoms with van der Waals surface area (Å²) < 4.78 is 0. The average Bonchev–Trinajstić information content (AvgIpc) is 2.32. The maximum atomic E-state index is 3.26. The lowest BCUT2D eigenvalue weighted by Crippen LogP contribution is -2.29. The molecule has 2 nitrogen and oxygen atoms in total. The second-order valence-electron chi connectivity index (χ2n) is 4.81. The molecule has 0 unspecified atom stereocenters. The number of rotatable bonds is 3. The van der Waals surface area contributed by atoms with Crippen LogP contribution in [0.2, 0.25) is 0 Å². The lowest BCUT2D eigenvalue weighted by Gasteiger charge is -2.30. The highest BCUT2D eigenvalue weighted by Gasteiger charge is 2.19. The molecule has 1 aliphatic rings. The quantitative estimate of drug-likeness (QED) is 0.837. The monoisotopic (exact) mass is 218 g/mol.